The number of fused-ring (bicyclic) bond motifs is 2. The van der Waals surface area contributed by atoms with E-state index in [0.29, 0.717) is 43.0 Å². The van der Waals surface area contributed by atoms with Gasteiger partial charge >= 0.3 is 0 Å². The number of para-hydroxylation sites is 1. The molecule has 4 atom stereocenters. The van der Waals surface area contributed by atoms with Crippen LogP contribution in [0.25, 0.3) is 0 Å². The molecule has 3 amide bonds. The van der Waals surface area contributed by atoms with Crippen LogP contribution in [0.3, 0.4) is 0 Å². The van der Waals surface area contributed by atoms with Crippen molar-refractivity contribution in [2.24, 2.45) is 5.92 Å². The molecule has 3 saturated heterocycles. The summed E-state index contributed by atoms with van der Waals surface area (Å²) in [5, 5.41) is 17.8. The van der Waals surface area contributed by atoms with E-state index in [1.54, 1.807) is 12.0 Å². The molecule has 2 spiro atoms. The molecule has 8 rings (SSSR count). The molecule has 0 saturated carbocycles. The second kappa shape index (κ2) is 15.4. The number of nitrogens with one attached hydrogen (secondary N) is 2. The van der Waals surface area contributed by atoms with Crippen LogP contribution in [0.1, 0.15) is 37.3 Å². The van der Waals surface area contributed by atoms with Gasteiger partial charge in [0.05, 0.1) is 41.0 Å². The van der Waals surface area contributed by atoms with Gasteiger partial charge in [-0.05, 0) is 79.5 Å². The normalized spacial score (nSPS) is 23.9. The summed E-state index contributed by atoms with van der Waals surface area (Å²) in [6.45, 7) is 8.90. The third-order valence-electron chi connectivity index (χ3n) is 13.1. The highest BCUT2D eigenvalue weighted by atomic mass is 28.3. The summed E-state index contributed by atoms with van der Waals surface area (Å²) >= 11 is 0. The Morgan fingerprint density at radius 2 is 1.63 bits per heavy atom. The van der Waals surface area contributed by atoms with Gasteiger partial charge in [0.15, 0.2) is 5.60 Å². The highest BCUT2D eigenvalue weighted by Gasteiger charge is 2.65. The van der Waals surface area contributed by atoms with E-state index in [1.165, 1.54) is 0 Å². The van der Waals surface area contributed by atoms with E-state index >= 15 is 0 Å². The number of ether oxygens (including phenoxy) is 2. The number of aliphatic hydroxyl groups is 1. The minimum atomic E-state index is -2.53. The zero-order valence-corrected chi connectivity index (χ0v) is 34.2. The molecule has 4 aromatic rings. The van der Waals surface area contributed by atoms with Crippen molar-refractivity contribution in [2.75, 3.05) is 55.1 Å². The standard InChI is InChI=1S/C45H53N5O6Si/c1-31-41(57(3,4)36-18-16-35(55-2)17-19-36)39(28-40(52)48(25-26-51)29-32-11-7-5-8-12-32)56-45(31)37-27-34(15-20-38(37)47-42(45)53)49-30-50(33-13-9-6-10-14-33)44(43(49)54)21-23-46-24-22-44/h5-20,27,31,39,41,46,51H,21-26,28-30H2,1-4H3,(H,47,53)/t31-,39+,41-,45+/m1/s1. The van der Waals surface area contributed by atoms with E-state index in [4.69, 9.17) is 9.47 Å². The molecule has 3 N–H and O–H groups in total. The summed E-state index contributed by atoms with van der Waals surface area (Å²) in [5.41, 5.74) is 1.78. The first-order valence-electron chi connectivity index (χ1n) is 20.1. The van der Waals surface area contributed by atoms with Gasteiger partial charge in [-0.15, -0.1) is 0 Å². The lowest BCUT2D eigenvalue weighted by atomic mass is 9.82. The van der Waals surface area contributed by atoms with Gasteiger partial charge in [0.2, 0.25) is 5.91 Å². The molecule has 0 aliphatic carbocycles. The Morgan fingerprint density at radius 3 is 2.30 bits per heavy atom. The van der Waals surface area contributed by atoms with Crippen molar-refractivity contribution in [3.63, 3.8) is 0 Å². The number of hydrogen-bond acceptors (Lipinski definition) is 8. The molecule has 0 unspecified atom stereocenters. The predicted octanol–water partition coefficient (Wildman–Crippen LogP) is 5.21. The van der Waals surface area contributed by atoms with Crippen LogP contribution in [0.4, 0.5) is 17.1 Å². The molecule has 4 heterocycles. The first-order chi connectivity index (χ1) is 27.5. The van der Waals surface area contributed by atoms with E-state index in [1.807, 2.05) is 83.8 Å². The Kier molecular flexibility index (Phi) is 10.5. The van der Waals surface area contributed by atoms with E-state index in [2.05, 4.69) is 59.8 Å². The molecule has 0 radical (unpaired) electrons. The number of amides is 3. The summed E-state index contributed by atoms with van der Waals surface area (Å²) in [7, 11) is -0.880. The van der Waals surface area contributed by atoms with Crippen LogP contribution >= 0.6 is 0 Å². The molecular formula is C45H53N5O6Si. The second-order valence-corrected chi connectivity index (χ2v) is 21.2. The SMILES string of the molecule is COc1ccc([Si](C)(C)[C@H]2[C@H](CC(=O)N(CCO)Cc3ccccc3)O[C@@]3(C(=O)Nc4ccc(N5CN(c6ccccc6)C6(CCNCC6)C5=O)cc43)[C@@H]2C)cc1. The first-order valence-corrected chi connectivity index (χ1v) is 23.2. The van der Waals surface area contributed by atoms with E-state index in [0.717, 1.165) is 35.3 Å². The van der Waals surface area contributed by atoms with Gasteiger partial charge in [0.25, 0.3) is 11.8 Å². The maximum Gasteiger partial charge on any atom is 0.261 e. The van der Waals surface area contributed by atoms with Crippen molar-refractivity contribution in [3.8, 4) is 5.75 Å². The molecule has 3 fully saturated rings. The van der Waals surface area contributed by atoms with Crippen molar-refractivity contribution in [1.82, 2.24) is 10.2 Å². The van der Waals surface area contributed by atoms with Gasteiger partial charge in [0.1, 0.15) is 11.3 Å². The number of rotatable bonds is 11. The molecule has 11 nitrogen and oxygen atoms in total. The quantitative estimate of drug-likeness (QED) is 0.177. The number of aliphatic hydroxyl groups excluding tert-OH is 1. The number of carbonyl (C=O) groups excluding carboxylic acids is 3. The van der Waals surface area contributed by atoms with Gasteiger partial charge in [-0.2, -0.15) is 0 Å². The average Bonchev–Trinajstić information content (AvgIpc) is 3.80. The summed E-state index contributed by atoms with van der Waals surface area (Å²) in [6.07, 6.45) is 0.818. The third kappa shape index (κ3) is 6.62. The first kappa shape index (κ1) is 38.8. The van der Waals surface area contributed by atoms with Crippen LogP contribution in [-0.2, 0) is 31.3 Å². The zero-order chi connectivity index (χ0) is 40.0. The Labute approximate surface area is 336 Å². The Morgan fingerprint density at radius 1 is 0.947 bits per heavy atom. The van der Waals surface area contributed by atoms with Gasteiger partial charge in [0, 0.05) is 41.6 Å². The number of methoxy groups -OCH3 is 1. The molecule has 4 aliphatic heterocycles. The lowest BCUT2D eigenvalue weighted by Crippen LogP contribution is -2.55. The summed E-state index contributed by atoms with van der Waals surface area (Å²) in [5.74, 6) is 0.0768. The van der Waals surface area contributed by atoms with E-state index in [9.17, 15) is 19.5 Å². The van der Waals surface area contributed by atoms with Crippen molar-refractivity contribution in [2.45, 2.75) is 68.6 Å². The second-order valence-electron chi connectivity index (χ2n) is 16.5. The minimum Gasteiger partial charge on any atom is -0.497 e. The average molecular weight is 788 g/mol. The maximum atomic E-state index is 14.7. The zero-order valence-electron chi connectivity index (χ0n) is 33.2. The van der Waals surface area contributed by atoms with E-state index in [-0.39, 0.29) is 48.8 Å². The number of anilines is 3. The summed E-state index contributed by atoms with van der Waals surface area (Å²) in [4.78, 5) is 49.4. The van der Waals surface area contributed by atoms with Crippen LogP contribution in [-0.4, -0.2) is 87.5 Å². The van der Waals surface area contributed by atoms with Crippen LogP contribution in [0.2, 0.25) is 18.6 Å². The molecule has 4 aliphatic rings. The lowest BCUT2D eigenvalue weighted by molar-refractivity contribution is -0.148. The van der Waals surface area contributed by atoms with Crippen LogP contribution in [0.15, 0.2) is 103 Å². The summed E-state index contributed by atoms with van der Waals surface area (Å²) < 4.78 is 12.7. The number of carbonyl (C=O) groups is 3. The van der Waals surface area contributed by atoms with Crippen molar-refractivity contribution in [1.29, 1.82) is 0 Å². The fourth-order valence-corrected chi connectivity index (χ4v) is 14.2. The molecule has 298 valence electrons. The largest absolute Gasteiger partial charge is 0.497 e. The Balaban J connectivity index is 1.18. The number of hydrogen-bond donors (Lipinski definition) is 3. The fraction of sp³-hybridized carbons (Fsp3) is 0.400. The molecular weight excluding hydrogens is 735 g/mol. The summed E-state index contributed by atoms with van der Waals surface area (Å²) in [6, 6.07) is 33.8. The molecule has 12 heteroatoms. The topological polar surface area (TPSA) is 124 Å². The fourth-order valence-electron chi connectivity index (χ4n) is 10.2. The van der Waals surface area contributed by atoms with Crippen LogP contribution in [0, 0.1) is 5.92 Å². The third-order valence-corrected chi connectivity index (χ3v) is 17.5. The molecule has 0 bridgehead atoms. The highest BCUT2D eigenvalue weighted by molar-refractivity contribution is 6.91. The van der Waals surface area contributed by atoms with Gasteiger partial charge in [-0.1, -0.05) is 85.9 Å². The van der Waals surface area contributed by atoms with E-state index < -0.39 is 25.3 Å². The Bertz CT molecular complexity index is 2110. The highest BCUT2D eigenvalue weighted by Crippen LogP contribution is 2.59. The predicted molar refractivity (Wildman–Crippen MR) is 224 cm³/mol. The van der Waals surface area contributed by atoms with Crippen molar-refractivity contribution < 1.29 is 29.0 Å². The van der Waals surface area contributed by atoms with Crippen LogP contribution < -0.4 is 30.4 Å². The van der Waals surface area contributed by atoms with Gasteiger partial charge < -0.3 is 35.0 Å². The minimum absolute atomic E-state index is 0.0473. The Hall–Kier alpha value is -5.01. The number of piperidine rings is 1. The molecule has 0 aromatic heterocycles. The van der Waals surface area contributed by atoms with Crippen LogP contribution in [0.5, 0.6) is 5.75 Å². The number of benzene rings is 4. The molecule has 57 heavy (non-hydrogen) atoms. The van der Waals surface area contributed by atoms with Crippen molar-refractivity contribution in [3.05, 3.63) is 114 Å². The lowest BCUT2D eigenvalue weighted by Gasteiger charge is -2.39. The number of nitrogens with zero attached hydrogens (tertiary/aromatic N) is 3. The van der Waals surface area contributed by atoms with Gasteiger partial charge in [-0.3, -0.25) is 19.3 Å². The van der Waals surface area contributed by atoms with Crippen molar-refractivity contribution >= 4 is 48.0 Å². The smallest absolute Gasteiger partial charge is 0.261 e. The van der Waals surface area contributed by atoms with Gasteiger partial charge in [-0.25, -0.2) is 0 Å². The monoisotopic (exact) mass is 787 g/mol. The maximum absolute atomic E-state index is 14.7. The molecule has 4 aromatic carbocycles.